The number of halogens is 9. The fourth-order valence-corrected chi connectivity index (χ4v) is 7.45. The molecule has 0 amide bonds. The van der Waals surface area contributed by atoms with Crippen molar-refractivity contribution in [2.24, 2.45) is 21.0 Å². The maximum atomic E-state index is 13.3. The third kappa shape index (κ3) is 22.1. The molecule has 4 aromatic carbocycles. The molecule has 5 radical (unpaired) electrons. The Balaban J connectivity index is 0.000000305. The number of hydrogen-bond donors (Lipinski definition) is 10. The lowest BCUT2D eigenvalue weighted by Crippen LogP contribution is -2.21. The second-order valence-electron chi connectivity index (χ2n) is 15.8. The maximum Gasteiger partial charge on any atom is 0.446 e. The first kappa shape index (κ1) is 79.3. The number of anilines is 5. The molecule has 0 aliphatic heterocycles. The van der Waals surface area contributed by atoms with Crippen molar-refractivity contribution < 1.29 is 70.3 Å². The lowest BCUT2D eigenvalue weighted by atomic mass is 9.81. The van der Waals surface area contributed by atoms with Crippen molar-refractivity contribution >= 4 is 148 Å². The number of benzene rings is 4. The van der Waals surface area contributed by atoms with Crippen LogP contribution in [0.25, 0.3) is 39.3 Å². The number of nitrogens with two attached hydrogens (primary N) is 6. The lowest BCUT2D eigenvalue weighted by Gasteiger charge is -2.03. The van der Waals surface area contributed by atoms with Crippen molar-refractivity contribution in [3.8, 4) is 40.5 Å². The fourth-order valence-electron chi connectivity index (χ4n) is 5.83. The predicted octanol–water partition coefficient (Wildman–Crippen LogP) is 5.90. The van der Waals surface area contributed by atoms with Crippen molar-refractivity contribution in [3.05, 3.63) is 174 Å². The number of nitrogen functional groups attached to an aromatic ring is 5. The number of hydroxylamine groups is 1. The number of hydrogen-bond acceptors (Lipinski definition) is 35. The maximum absolute atomic E-state index is 13.3. The molecule has 7 heterocycles. The molecule has 41 nitrogen and oxygen atoms in total. The number of rotatable bonds is 9. The van der Waals surface area contributed by atoms with E-state index in [0.717, 1.165) is 15.2 Å². The number of oxime groups is 2. The highest BCUT2D eigenvalue weighted by Gasteiger charge is 2.31. The number of aromatic nitrogens is 14. The first-order valence-electron chi connectivity index (χ1n) is 23.7. The molecule has 503 valence electrons. The van der Waals surface area contributed by atoms with Gasteiger partial charge >= 0.3 is 17.3 Å². The molecule has 0 unspecified atom stereocenters. The van der Waals surface area contributed by atoms with E-state index in [9.17, 15) is 37.3 Å². The molecule has 7 aromatic heterocycles. The minimum atomic E-state index is -0.939. The second-order valence-corrected chi connectivity index (χ2v) is 19.6. The third-order valence-electron chi connectivity index (χ3n) is 9.86. The molecule has 11 aromatic rings. The number of nitrogens with one attached hydrogen (secondary N) is 1. The van der Waals surface area contributed by atoms with Crippen molar-refractivity contribution in [2.75, 3.05) is 35.2 Å². The van der Waals surface area contributed by atoms with Gasteiger partial charge in [0.2, 0.25) is 16.8 Å². The van der Waals surface area contributed by atoms with Gasteiger partial charge in [-0.25, -0.2) is 66.4 Å². The summed E-state index contributed by atoms with van der Waals surface area (Å²) >= 11 is 17.3. The molecule has 97 heavy (non-hydrogen) atoms. The van der Waals surface area contributed by atoms with Crippen LogP contribution in [0.3, 0.4) is 0 Å². The smallest absolute Gasteiger partial charge is 0.446 e. The summed E-state index contributed by atoms with van der Waals surface area (Å²) < 4.78 is 85.4. The molecular weight excluding hydrogens is 1600 g/mol. The van der Waals surface area contributed by atoms with Gasteiger partial charge in [0.25, 0.3) is 12.2 Å². The Morgan fingerprint density at radius 2 is 1.08 bits per heavy atom. The molecule has 0 spiro atoms. The molecule has 0 saturated carbocycles. The van der Waals surface area contributed by atoms with Crippen LogP contribution in [0.15, 0.2) is 148 Å². The summed E-state index contributed by atoms with van der Waals surface area (Å²) in [4.78, 5) is 40.3. The Bertz CT molecular complexity index is 4660. The van der Waals surface area contributed by atoms with E-state index >= 15 is 0 Å². The number of nitrogens with zero attached hydrogens (tertiary/aromatic N) is 20. The largest absolute Gasteiger partial charge is 0.693 e. The Kier molecular flexibility index (Phi) is 31.8. The molecule has 0 fully saturated rings. The summed E-state index contributed by atoms with van der Waals surface area (Å²) in [6.07, 6.45) is 0. The Morgan fingerprint density at radius 3 is 1.46 bits per heavy atom. The van der Waals surface area contributed by atoms with Gasteiger partial charge in [0.15, 0.2) is 62.9 Å². The summed E-state index contributed by atoms with van der Waals surface area (Å²) in [6, 6.07) is 17.7. The monoisotopic (exact) mass is 1620 g/mol. The van der Waals surface area contributed by atoms with Crippen LogP contribution in [0.1, 0.15) is 24.5 Å². The molecule has 0 aliphatic carbocycles. The van der Waals surface area contributed by atoms with E-state index in [0.29, 0.717) is 21.5 Å². The zero-order valence-electron chi connectivity index (χ0n) is 46.4. The first-order chi connectivity index (χ1) is 45.8. The number of nitro groups is 1. The van der Waals surface area contributed by atoms with Crippen LogP contribution < -0.4 is 51.4 Å². The van der Waals surface area contributed by atoms with Gasteiger partial charge in [-0.1, -0.05) is 39.7 Å². The molecule has 0 atom stereocenters. The molecule has 0 aliphatic rings. The topological polar surface area (TPSA) is 628 Å². The van der Waals surface area contributed by atoms with Crippen LogP contribution in [0.4, 0.5) is 58.0 Å². The Morgan fingerprint density at radius 1 is 0.660 bits per heavy atom. The van der Waals surface area contributed by atoms with E-state index < -0.39 is 45.4 Å². The summed E-state index contributed by atoms with van der Waals surface area (Å²) in [5, 5.41) is 88.9. The number of amidine groups is 2. The molecule has 0 bridgehead atoms. The van der Waals surface area contributed by atoms with Crippen molar-refractivity contribution in [2.45, 2.75) is 7.43 Å². The van der Waals surface area contributed by atoms with E-state index in [1.54, 1.807) is 6.07 Å². The predicted molar refractivity (Wildman–Crippen MR) is 339 cm³/mol. The standard InChI is InChI=1S/C10H3BrFN5O5.C10H5BrFN5O3.C9H7BrFN5O2.C6H5BrFN.C3H3ClN4O2.C3H5N5O2.C3H2N2.CH4.B2/c11-5-3-4(1-2-6(5)12)16-8(14-21-10(16)18)7-9(17(19)20)15-22-13-7;11-5-3-4(1-2-6(5)12)17-9(16-19-10(17)18)7-8(13)15-20-14-7;10-5-3-4(1-2-6(5)11)13-9(14-17)7-8(12)16-18-15-7;7-5-3-4(9)1-2-6(5)8;2*4-2(6-9)1-3(5)8-10-7-1;1-5-3-2-4;;1-2/h1-3H;1-3H,(H2,13,15);1-3,17H,(H2,12,16)(H,13,14);1-3H,9H2;9H,(H2,5,8);9H,(H2,4,6)(H2,5,8);3H2;1H4;/q;;;;;;;;-1/b;;;;6-2-;;;;. The average molecular weight is 1630 g/mol. The fraction of sp³-hybridized carbons (Fsp3) is 0.0444. The highest BCUT2D eigenvalue weighted by atomic mass is 79.9. The van der Waals surface area contributed by atoms with Crippen LogP contribution in [-0.4, -0.2) is 130 Å². The van der Waals surface area contributed by atoms with Crippen LogP contribution in [0, 0.1) is 51.3 Å². The van der Waals surface area contributed by atoms with Crippen molar-refractivity contribution in [1.29, 1.82) is 5.26 Å². The minimum Gasteiger partial charge on any atom is -0.693 e. The third-order valence-corrected chi connectivity index (χ3v) is 12.5. The minimum absolute atomic E-state index is 0. The SMILES string of the molecule is C.N/C(=N\O)c1nonc1N.Nc1ccc(F)c(Br)c1.Nc1nonc1-c1noc(=O)n1-c1ccc(F)c(Br)c1.Nc1nonc1/C(Cl)=N/O.Nc1nonc1C(=Nc1ccc(F)c(Br)c1)NO.O=c1onc(-c2nonc2[N+](=O)[O-])n1-c1ccc(F)c(Br)c1.[B][B-].[C-]#[N+]CC#N. The van der Waals surface area contributed by atoms with Gasteiger partial charge in [0.05, 0.1) is 35.0 Å². The summed E-state index contributed by atoms with van der Waals surface area (Å²) in [7, 11) is 8.00. The first-order valence-corrected chi connectivity index (χ1v) is 27.3. The summed E-state index contributed by atoms with van der Waals surface area (Å²) in [5.41, 5.74) is 34.8. The molecule has 52 heteroatoms. The molecular formula is C45H34B2Br4ClF4N27O14-. The second kappa shape index (κ2) is 38.9. The zero-order valence-corrected chi connectivity index (χ0v) is 53.5. The average Bonchev–Trinajstić information content (AvgIpc) is 1.66. The van der Waals surface area contributed by atoms with Gasteiger partial charge in [-0.2, -0.15) is 5.26 Å². The van der Waals surface area contributed by atoms with E-state index in [1.807, 2.05) is 5.48 Å². The van der Waals surface area contributed by atoms with Gasteiger partial charge < -0.3 is 75.2 Å². The van der Waals surface area contributed by atoms with E-state index in [2.05, 4.69) is 193 Å². The number of nitriles is 1. The summed E-state index contributed by atoms with van der Waals surface area (Å²) in [5.74, 6) is -4.85. The highest BCUT2D eigenvalue weighted by Crippen LogP contribution is 2.29. The Hall–Kier alpha value is -11.9. The molecule has 0 saturated heterocycles. The van der Waals surface area contributed by atoms with Crippen LogP contribution in [-0.2, 0) is 0 Å². The van der Waals surface area contributed by atoms with E-state index in [1.165, 1.54) is 66.7 Å². The summed E-state index contributed by atoms with van der Waals surface area (Å²) in [6.45, 7) is 5.99. The molecule has 16 N–H and O–H groups in total. The van der Waals surface area contributed by atoms with Gasteiger partial charge in [0.1, 0.15) is 29.3 Å². The highest BCUT2D eigenvalue weighted by molar-refractivity contribution is 9.11. The van der Waals surface area contributed by atoms with Crippen molar-refractivity contribution in [3.63, 3.8) is 0 Å². The van der Waals surface area contributed by atoms with Crippen LogP contribution in [0.5, 0.6) is 0 Å². The lowest BCUT2D eigenvalue weighted by molar-refractivity contribution is -0.390. The molecule has 11 rings (SSSR count). The van der Waals surface area contributed by atoms with Crippen LogP contribution in [0.2, 0.25) is 0 Å². The van der Waals surface area contributed by atoms with E-state index in [-0.39, 0.29) is 113 Å². The van der Waals surface area contributed by atoms with Gasteiger partial charge in [-0.3, -0.25) is 19.7 Å². The quantitative estimate of drug-likeness (QED) is 0.00768. The number of aliphatic imine (C=N–C) groups is 1. The van der Waals surface area contributed by atoms with E-state index in [4.69, 9.17) is 73.5 Å². The van der Waals surface area contributed by atoms with Gasteiger partial charge in [-0.05, 0) is 188 Å². The van der Waals surface area contributed by atoms with Crippen LogP contribution >= 0.6 is 75.3 Å². The Labute approximate surface area is 574 Å². The van der Waals surface area contributed by atoms with Gasteiger partial charge in [-0.15, -0.1) is 4.63 Å². The van der Waals surface area contributed by atoms with Crippen molar-refractivity contribution in [1.82, 2.24) is 76.5 Å². The zero-order chi connectivity index (χ0) is 71.3. The van der Waals surface area contributed by atoms with Gasteiger partial charge in [0, 0.05) is 5.69 Å². The normalized spacial score (nSPS) is 10.5.